The number of hydrogen-bond acceptors (Lipinski definition) is 2. The number of benzene rings is 1. The van der Waals surface area contributed by atoms with Gasteiger partial charge in [0.2, 0.25) is 0 Å². The Morgan fingerprint density at radius 1 is 1.20 bits per heavy atom. The van der Waals surface area contributed by atoms with Crippen LogP contribution >= 0.6 is 0 Å². The van der Waals surface area contributed by atoms with Gasteiger partial charge in [-0.2, -0.15) is 0 Å². The molecule has 1 N–H and O–H groups in total. The van der Waals surface area contributed by atoms with Crippen molar-refractivity contribution in [3.63, 3.8) is 0 Å². The van der Waals surface area contributed by atoms with E-state index in [2.05, 4.69) is 4.90 Å². The lowest BCUT2D eigenvalue weighted by atomic mass is 9.88. The van der Waals surface area contributed by atoms with Crippen molar-refractivity contribution in [3.05, 3.63) is 34.9 Å². The smallest absolute Gasteiger partial charge is 0.335 e. The molecule has 2 saturated carbocycles. The number of carbonyl (C=O) groups is 1. The van der Waals surface area contributed by atoms with Crippen LogP contribution in [0.1, 0.15) is 47.2 Å². The molecule has 3 atom stereocenters. The zero-order valence-corrected chi connectivity index (χ0v) is 11.7. The Morgan fingerprint density at radius 2 is 2.05 bits per heavy atom. The highest BCUT2D eigenvalue weighted by atomic mass is 16.4. The van der Waals surface area contributed by atoms with Crippen LogP contribution in [0.25, 0.3) is 0 Å². The van der Waals surface area contributed by atoms with E-state index in [0.29, 0.717) is 5.56 Å². The Bertz CT molecular complexity index is 554. The molecular formula is C17H21NO2. The molecule has 3 nitrogen and oxygen atoms in total. The van der Waals surface area contributed by atoms with Gasteiger partial charge in [-0.25, -0.2) is 4.79 Å². The van der Waals surface area contributed by atoms with Gasteiger partial charge < -0.3 is 5.11 Å². The maximum absolute atomic E-state index is 11.0. The number of rotatable bonds is 3. The second-order valence-corrected chi connectivity index (χ2v) is 6.89. The van der Waals surface area contributed by atoms with Crippen molar-refractivity contribution in [2.75, 3.05) is 6.54 Å². The summed E-state index contributed by atoms with van der Waals surface area (Å²) >= 11 is 0. The average molecular weight is 271 g/mol. The molecule has 106 valence electrons. The Balaban J connectivity index is 1.44. The predicted octanol–water partition coefficient (Wildman–Crippen LogP) is 3.14. The lowest BCUT2D eigenvalue weighted by molar-refractivity contribution is 0.0696. The summed E-state index contributed by atoms with van der Waals surface area (Å²) in [6.45, 7) is 3.14. The van der Waals surface area contributed by atoms with Crippen molar-refractivity contribution in [2.24, 2.45) is 17.8 Å². The number of nitrogens with zero attached hydrogens (tertiary/aromatic N) is 1. The van der Waals surface area contributed by atoms with Gasteiger partial charge in [-0.05, 0) is 60.3 Å². The Morgan fingerprint density at radius 3 is 2.75 bits per heavy atom. The van der Waals surface area contributed by atoms with Gasteiger partial charge in [0.05, 0.1) is 5.56 Å². The second-order valence-electron chi connectivity index (χ2n) is 6.89. The van der Waals surface area contributed by atoms with Crippen molar-refractivity contribution in [3.8, 4) is 0 Å². The molecular weight excluding hydrogens is 250 g/mol. The van der Waals surface area contributed by atoms with Gasteiger partial charge in [-0.3, -0.25) is 4.90 Å². The minimum absolute atomic E-state index is 0.422. The molecule has 2 bridgehead atoms. The van der Waals surface area contributed by atoms with Crippen LogP contribution < -0.4 is 0 Å². The molecule has 0 aromatic heterocycles. The molecule has 20 heavy (non-hydrogen) atoms. The summed E-state index contributed by atoms with van der Waals surface area (Å²) in [5.41, 5.74) is 2.96. The summed E-state index contributed by atoms with van der Waals surface area (Å²) in [7, 11) is 0. The standard InChI is InChI=1S/C17H21NO2/c19-17(20)13-3-4-14-8-18(10-16(14)7-13)9-15-6-11-1-2-12(15)5-11/h3-4,7,11-12,15H,1-2,5-6,8-10H2,(H,19,20). The molecule has 0 saturated heterocycles. The summed E-state index contributed by atoms with van der Waals surface area (Å²) in [5.74, 6) is 2.05. The van der Waals surface area contributed by atoms with Gasteiger partial charge in [0.15, 0.2) is 0 Å². The van der Waals surface area contributed by atoms with E-state index in [-0.39, 0.29) is 0 Å². The molecule has 2 aliphatic carbocycles. The molecule has 4 rings (SSSR count). The minimum atomic E-state index is -0.820. The van der Waals surface area contributed by atoms with E-state index >= 15 is 0 Å². The van der Waals surface area contributed by atoms with Gasteiger partial charge in [-0.15, -0.1) is 0 Å². The molecule has 3 heteroatoms. The zero-order valence-electron chi connectivity index (χ0n) is 11.7. The summed E-state index contributed by atoms with van der Waals surface area (Å²) in [6.07, 6.45) is 5.80. The van der Waals surface area contributed by atoms with Gasteiger partial charge in [0, 0.05) is 19.6 Å². The minimum Gasteiger partial charge on any atom is -0.478 e. The first kappa shape index (κ1) is 12.4. The number of carboxylic acids is 1. The molecule has 0 radical (unpaired) electrons. The van der Waals surface area contributed by atoms with Crippen LogP contribution in [-0.4, -0.2) is 22.5 Å². The van der Waals surface area contributed by atoms with E-state index < -0.39 is 5.97 Å². The summed E-state index contributed by atoms with van der Waals surface area (Å²) in [4.78, 5) is 13.5. The second kappa shape index (κ2) is 4.59. The lowest BCUT2D eigenvalue weighted by Crippen LogP contribution is -2.27. The highest BCUT2D eigenvalue weighted by Crippen LogP contribution is 2.48. The van der Waals surface area contributed by atoms with Crippen LogP contribution in [0, 0.1) is 17.8 Å². The third-order valence-corrected chi connectivity index (χ3v) is 5.62. The molecule has 1 aromatic carbocycles. The van der Waals surface area contributed by atoms with Crippen molar-refractivity contribution >= 4 is 5.97 Å². The third-order valence-electron chi connectivity index (χ3n) is 5.62. The van der Waals surface area contributed by atoms with E-state index in [1.165, 1.54) is 43.4 Å². The van der Waals surface area contributed by atoms with E-state index in [1.54, 1.807) is 6.07 Å². The first-order valence-electron chi connectivity index (χ1n) is 7.76. The fourth-order valence-electron chi connectivity index (χ4n) is 4.66. The predicted molar refractivity (Wildman–Crippen MR) is 76.5 cm³/mol. The molecule has 2 fully saturated rings. The van der Waals surface area contributed by atoms with Gasteiger partial charge in [0.25, 0.3) is 0 Å². The molecule has 3 unspecified atom stereocenters. The third kappa shape index (κ3) is 2.05. The van der Waals surface area contributed by atoms with Crippen LogP contribution in [-0.2, 0) is 13.1 Å². The van der Waals surface area contributed by atoms with E-state index in [0.717, 1.165) is 30.8 Å². The zero-order chi connectivity index (χ0) is 13.7. The molecule has 0 spiro atoms. The van der Waals surface area contributed by atoms with Crippen LogP contribution in [0.2, 0.25) is 0 Å². The van der Waals surface area contributed by atoms with Crippen LogP contribution in [0.15, 0.2) is 18.2 Å². The number of aromatic carboxylic acids is 1. The molecule has 3 aliphatic rings. The first-order chi connectivity index (χ1) is 9.69. The van der Waals surface area contributed by atoms with Gasteiger partial charge >= 0.3 is 5.97 Å². The van der Waals surface area contributed by atoms with Gasteiger partial charge in [0.1, 0.15) is 0 Å². The quantitative estimate of drug-likeness (QED) is 0.918. The average Bonchev–Trinajstić information content (AvgIpc) is 3.11. The molecule has 1 aromatic rings. The number of carboxylic acid groups (broad SMARTS) is 1. The molecule has 1 heterocycles. The largest absolute Gasteiger partial charge is 0.478 e. The molecule has 1 aliphatic heterocycles. The monoisotopic (exact) mass is 271 g/mol. The SMILES string of the molecule is O=C(O)c1ccc2c(c1)CN(CC1CC3CCC1C3)C2. The fourth-order valence-corrected chi connectivity index (χ4v) is 4.66. The van der Waals surface area contributed by atoms with Crippen molar-refractivity contribution in [2.45, 2.75) is 38.8 Å². The van der Waals surface area contributed by atoms with E-state index in [1.807, 2.05) is 12.1 Å². The number of fused-ring (bicyclic) bond motifs is 3. The summed E-state index contributed by atoms with van der Waals surface area (Å²) < 4.78 is 0. The van der Waals surface area contributed by atoms with Crippen molar-refractivity contribution < 1.29 is 9.90 Å². The van der Waals surface area contributed by atoms with Crippen LogP contribution in [0.3, 0.4) is 0 Å². The van der Waals surface area contributed by atoms with E-state index in [4.69, 9.17) is 5.11 Å². The van der Waals surface area contributed by atoms with Crippen LogP contribution in [0.4, 0.5) is 0 Å². The topological polar surface area (TPSA) is 40.5 Å². The van der Waals surface area contributed by atoms with Crippen molar-refractivity contribution in [1.82, 2.24) is 4.90 Å². The Hall–Kier alpha value is -1.35. The fraction of sp³-hybridized carbons (Fsp3) is 0.588. The maximum Gasteiger partial charge on any atom is 0.335 e. The van der Waals surface area contributed by atoms with Gasteiger partial charge in [-0.1, -0.05) is 12.5 Å². The highest BCUT2D eigenvalue weighted by molar-refractivity contribution is 5.87. The Kier molecular flexibility index (Phi) is 2.84. The lowest BCUT2D eigenvalue weighted by Gasteiger charge is -2.26. The number of hydrogen-bond donors (Lipinski definition) is 1. The normalized spacial score (nSPS) is 31.7. The Labute approximate surface area is 119 Å². The molecule has 0 amide bonds. The first-order valence-corrected chi connectivity index (χ1v) is 7.76. The van der Waals surface area contributed by atoms with E-state index in [9.17, 15) is 4.79 Å². The maximum atomic E-state index is 11.0. The van der Waals surface area contributed by atoms with Crippen molar-refractivity contribution in [1.29, 1.82) is 0 Å². The summed E-state index contributed by atoms with van der Waals surface area (Å²) in [5, 5.41) is 9.07. The highest BCUT2D eigenvalue weighted by Gasteiger charge is 2.40. The van der Waals surface area contributed by atoms with Crippen LogP contribution in [0.5, 0.6) is 0 Å². The summed E-state index contributed by atoms with van der Waals surface area (Å²) in [6, 6.07) is 5.60.